The summed E-state index contributed by atoms with van der Waals surface area (Å²) in [5.74, 6) is -3.94. The van der Waals surface area contributed by atoms with Gasteiger partial charge in [-0.15, -0.1) is 0 Å². The van der Waals surface area contributed by atoms with Crippen LogP contribution >= 0.6 is 0 Å². The van der Waals surface area contributed by atoms with Gasteiger partial charge in [-0.1, -0.05) is 0 Å². The number of benzene rings is 1. The molecule has 0 bridgehead atoms. The van der Waals surface area contributed by atoms with E-state index in [2.05, 4.69) is 0 Å². The summed E-state index contributed by atoms with van der Waals surface area (Å²) in [5, 5.41) is 8.50. The molecule has 0 heterocycles. The Bertz CT molecular complexity index is 365. The normalized spacial score (nSPS) is 10.5. The summed E-state index contributed by atoms with van der Waals surface area (Å²) < 4.78 is 31.3. The Morgan fingerprint density at radius 3 is 2.13 bits per heavy atom. The van der Waals surface area contributed by atoms with Crippen LogP contribution in [0.4, 0.5) is 8.78 Å². The topological polar surface area (TPSA) is 46.5 Å². The predicted molar refractivity (Wildman–Crippen MR) is 49.1 cm³/mol. The molecule has 0 spiro atoms. The monoisotopic (exact) mass is 216 g/mol. The Balaban J connectivity index is 3.14. The fourth-order valence-corrected chi connectivity index (χ4v) is 1.09. The SMILES string of the molecule is CC(C)Oc1cc(F)c(C(=O)O)c(F)c1. The van der Waals surface area contributed by atoms with Crippen molar-refractivity contribution in [2.45, 2.75) is 20.0 Å². The molecule has 0 fully saturated rings. The highest BCUT2D eigenvalue weighted by atomic mass is 19.1. The van der Waals surface area contributed by atoms with E-state index >= 15 is 0 Å². The maximum Gasteiger partial charge on any atom is 0.341 e. The van der Waals surface area contributed by atoms with E-state index in [1.807, 2.05) is 0 Å². The Hall–Kier alpha value is -1.65. The molecule has 0 aromatic heterocycles. The highest BCUT2D eigenvalue weighted by Crippen LogP contribution is 2.21. The lowest BCUT2D eigenvalue weighted by atomic mass is 10.2. The molecule has 0 aliphatic heterocycles. The maximum atomic E-state index is 13.1. The van der Waals surface area contributed by atoms with Gasteiger partial charge in [0.15, 0.2) is 0 Å². The van der Waals surface area contributed by atoms with Crippen molar-refractivity contribution in [3.8, 4) is 5.75 Å². The van der Waals surface area contributed by atoms with Crippen molar-refractivity contribution in [3.05, 3.63) is 29.3 Å². The zero-order chi connectivity index (χ0) is 11.6. The summed E-state index contributed by atoms with van der Waals surface area (Å²) in [6.07, 6.45) is -0.237. The highest BCUT2D eigenvalue weighted by molar-refractivity contribution is 5.88. The molecule has 15 heavy (non-hydrogen) atoms. The Morgan fingerprint density at radius 2 is 1.80 bits per heavy atom. The standard InChI is InChI=1S/C10H10F2O3/c1-5(2)15-6-3-7(11)9(10(13)14)8(12)4-6/h3-5H,1-2H3,(H,13,14). The van der Waals surface area contributed by atoms with Gasteiger partial charge < -0.3 is 9.84 Å². The van der Waals surface area contributed by atoms with Gasteiger partial charge in [0.2, 0.25) is 0 Å². The van der Waals surface area contributed by atoms with E-state index in [9.17, 15) is 13.6 Å². The van der Waals surface area contributed by atoms with Gasteiger partial charge in [0, 0.05) is 12.1 Å². The minimum atomic E-state index is -1.64. The number of aromatic carboxylic acids is 1. The van der Waals surface area contributed by atoms with Crippen LogP contribution in [0.2, 0.25) is 0 Å². The zero-order valence-corrected chi connectivity index (χ0v) is 8.25. The number of halogens is 2. The van der Waals surface area contributed by atoms with Gasteiger partial charge in [0.25, 0.3) is 0 Å². The van der Waals surface area contributed by atoms with Crippen molar-refractivity contribution in [1.29, 1.82) is 0 Å². The fraction of sp³-hybridized carbons (Fsp3) is 0.300. The summed E-state index contributed by atoms with van der Waals surface area (Å²) in [7, 11) is 0. The number of hydrogen-bond acceptors (Lipinski definition) is 2. The summed E-state index contributed by atoms with van der Waals surface area (Å²) in [5.41, 5.74) is -0.967. The highest BCUT2D eigenvalue weighted by Gasteiger charge is 2.18. The third-order valence-electron chi connectivity index (χ3n) is 1.60. The zero-order valence-electron chi connectivity index (χ0n) is 8.25. The number of hydrogen-bond donors (Lipinski definition) is 1. The van der Waals surface area contributed by atoms with Crippen molar-refractivity contribution in [1.82, 2.24) is 0 Å². The van der Waals surface area contributed by atoms with E-state index < -0.39 is 23.2 Å². The molecule has 0 saturated carbocycles. The molecule has 5 heteroatoms. The smallest absolute Gasteiger partial charge is 0.341 e. The minimum Gasteiger partial charge on any atom is -0.491 e. The van der Waals surface area contributed by atoms with Crippen LogP contribution in [0.25, 0.3) is 0 Å². The molecule has 0 atom stereocenters. The Morgan fingerprint density at radius 1 is 1.33 bits per heavy atom. The second-order valence-electron chi connectivity index (χ2n) is 3.23. The quantitative estimate of drug-likeness (QED) is 0.844. The molecule has 0 aliphatic carbocycles. The molecule has 0 unspecified atom stereocenters. The molecular weight excluding hydrogens is 206 g/mol. The largest absolute Gasteiger partial charge is 0.491 e. The number of carboxylic acid groups (broad SMARTS) is 1. The van der Waals surface area contributed by atoms with Gasteiger partial charge >= 0.3 is 5.97 Å². The average molecular weight is 216 g/mol. The van der Waals surface area contributed by atoms with Crippen molar-refractivity contribution in [2.75, 3.05) is 0 Å². The van der Waals surface area contributed by atoms with Crippen LogP contribution < -0.4 is 4.74 Å². The van der Waals surface area contributed by atoms with E-state index in [1.165, 1.54) is 0 Å². The molecule has 1 rings (SSSR count). The second kappa shape index (κ2) is 4.25. The van der Waals surface area contributed by atoms with Gasteiger partial charge in [0.05, 0.1) is 6.10 Å². The first kappa shape index (κ1) is 11.4. The van der Waals surface area contributed by atoms with Crippen LogP contribution in [0.1, 0.15) is 24.2 Å². The number of rotatable bonds is 3. The van der Waals surface area contributed by atoms with Gasteiger partial charge in [-0.25, -0.2) is 13.6 Å². The van der Waals surface area contributed by atoms with Crippen LogP contribution in [-0.2, 0) is 0 Å². The first-order valence-electron chi connectivity index (χ1n) is 4.30. The molecule has 0 amide bonds. The van der Waals surface area contributed by atoms with Gasteiger partial charge in [-0.2, -0.15) is 0 Å². The molecule has 0 aliphatic rings. The molecule has 0 radical (unpaired) electrons. The lowest BCUT2D eigenvalue weighted by molar-refractivity contribution is 0.0686. The average Bonchev–Trinajstić information content (AvgIpc) is 1.99. The molecular formula is C10H10F2O3. The van der Waals surface area contributed by atoms with Crippen LogP contribution in [0, 0.1) is 11.6 Å². The molecule has 1 aromatic carbocycles. The van der Waals surface area contributed by atoms with Crippen molar-refractivity contribution < 1.29 is 23.4 Å². The van der Waals surface area contributed by atoms with E-state index in [0.29, 0.717) is 0 Å². The van der Waals surface area contributed by atoms with Gasteiger partial charge in [-0.05, 0) is 13.8 Å². The van der Waals surface area contributed by atoms with Crippen LogP contribution in [0.15, 0.2) is 12.1 Å². The molecule has 3 nitrogen and oxygen atoms in total. The minimum absolute atomic E-state index is 0.0231. The summed E-state index contributed by atoms with van der Waals surface area (Å²) in [4.78, 5) is 10.5. The molecule has 1 N–H and O–H groups in total. The first-order chi connectivity index (χ1) is 6.91. The van der Waals surface area contributed by atoms with Gasteiger partial charge in [-0.3, -0.25) is 0 Å². The summed E-state index contributed by atoms with van der Waals surface area (Å²) >= 11 is 0. The predicted octanol–water partition coefficient (Wildman–Crippen LogP) is 2.45. The summed E-state index contributed by atoms with van der Waals surface area (Å²) in [6.45, 7) is 3.39. The summed E-state index contributed by atoms with van der Waals surface area (Å²) in [6, 6.07) is 1.71. The number of carboxylic acids is 1. The lowest BCUT2D eigenvalue weighted by Gasteiger charge is -2.10. The van der Waals surface area contributed by atoms with E-state index in [-0.39, 0.29) is 11.9 Å². The van der Waals surface area contributed by atoms with Crippen molar-refractivity contribution in [2.24, 2.45) is 0 Å². The molecule has 82 valence electrons. The number of carbonyl (C=O) groups is 1. The molecule has 1 aromatic rings. The van der Waals surface area contributed by atoms with E-state index in [1.54, 1.807) is 13.8 Å². The Labute approximate surface area is 85.3 Å². The van der Waals surface area contributed by atoms with Crippen molar-refractivity contribution >= 4 is 5.97 Å². The maximum absolute atomic E-state index is 13.1. The third-order valence-corrected chi connectivity index (χ3v) is 1.60. The van der Waals surface area contributed by atoms with Crippen LogP contribution in [0.3, 0.4) is 0 Å². The number of ether oxygens (including phenoxy) is 1. The van der Waals surface area contributed by atoms with Crippen LogP contribution in [0.5, 0.6) is 5.75 Å². The lowest BCUT2D eigenvalue weighted by Crippen LogP contribution is -2.09. The van der Waals surface area contributed by atoms with E-state index in [0.717, 1.165) is 12.1 Å². The van der Waals surface area contributed by atoms with E-state index in [4.69, 9.17) is 9.84 Å². The second-order valence-corrected chi connectivity index (χ2v) is 3.23. The third kappa shape index (κ3) is 2.65. The fourth-order valence-electron chi connectivity index (χ4n) is 1.09. The first-order valence-corrected chi connectivity index (χ1v) is 4.30. The van der Waals surface area contributed by atoms with Crippen molar-refractivity contribution in [3.63, 3.8) is 0 Å². The Kier molecular flexibility index (Phi) is 3.24. The van der Waals surface area contributed by atoms with Crippen LogP contribution in [-0.4, -0.2) is 17.2 Å². The van der Waals surface area contributed by atoms with Gasteiger partial charge in [0.1, 0.15) is 22.9 Å². The molecule has 0 saturated heterocycles.